The number of nitrogens with zero attached hydrogens (tertiary/aromatic N) is 6. The molecule has 0 atom stereocenters. The lowest BCUT2D eigenvalue weighted by Gasteiger charge is -2.34. The molecule has 0 spiro atoms. The number of carbonyl (C=O) groups excluding carboxylic acids is 2. The second-order valence-electron chi connectivity index (χ2n) is 11.3. The number of halogens is 1. The molecule has 0 radical (unpaired) electrons. The lowest BCUT2D eigenvalue weighted by molar-refractivity contribution is 0.0532. The molecule has 40 heavy (non-hydrogen) atoms. The standard InChI is InChI=1S/C30H32ClN7O2/c1-30(2,18-32)21-6-3-19(4-7-21)25-16-24(31)23-10-5-20(15-26(23)33-25)28(39)36-11-13-37(14-12-36)29(40)27-17-38(35-34-27)22-8-9-22/h3-7,10,15-17,22H,8-9,11-14,18,32H2,1-2H3. The first-order valence-corrected chi connectivity index (χ1v) is 14.0. The third-order valence-corrected chi connectivity index (χ3v) is 8.30. The van der Waals surface area contributed by atoms with E-state index < -0.39 is 0 Å². The highest BCUT2D eigenvalue weighted by molar-refractivity contribution is 6.35. The molecule has 2 amide bonds. The van der Waals surface area contributed by atoms with Crippen molar-refractivity contribution in [2.75, 3.05) is 32.7 Å². The molecule has 206 valence electrons. The zero-order valence-electron chi connectivity index (χ0n) is 22.7. The third kappa shape index (κ3) is 5.07. The fourth-order valence-electron chi connectivity index (χ4n) is 5.03. The molecular weight excluding hydrogens is 526 g/mol. The highest BCUT2D eigenvalue weighted by atomic mass is 35.5. The van der Waals surface area contributed by atoms with Crippen LogP contribution < -0.4 is 5.73 Å². The summed E-state index contributed by atoms with van der Waals surface area (Å²) in [5, 5.41) is 9.51. The van der Waals surface area contributed by atoms with Gasteiger partial charge in [-0.25, -0.2) is 9.67 Å². The highest BCUT2D eigenvalue weighted by Crippen LogP contribution is 2.34. The number of rotatable bonds is 6. The van der Waals surface area contributed by atoms with Gasteiger partial charge in [0.25, 0.3) is 11.8 Å². The second kappa shape index (κ2) is 10.3. The van der Waals surface area contributed by atoms with Crippen molar-refractivity contribution in [3.63, 3.8) is 0 Å². The van der Waals surface area contributed by atoms with Gasteiger partial charge in [-0.1, -0.05) is 61.0 Å². The molecule has 2 aromatic heterocycles. The van der Waals surface area contributed by atoms with Gasteiger partial charge in [-0.05, 0) is 36.6 Å². The zero-order valence-corrected chi connectivity index (χ0v) is 23.4. The summed E-state index contributed by atoms with van der Waals surface area (Å²) in [6, 6.07) is 15.9. The van der Waals surface area contributed by atoms with E-state index in [1.165, 1.54) is 0 Å². The lowest BCUT2D eigenvalue weighted by atomic mass is 9.84. The Morgan fingerprint density at radius 1 is 0.975 bits per heavy atom. The molecule has 0 unspecified atom stereocenters. The molecule has 9 nitrogen and oxygen atoms in total. The van der Waals surface area contributed by atoms with E-state index in [0.717, 1.165) is 35.0 Å². The first-order chi connectivity index (χ1) is 19.2. The van der Waals surface area contributed by atoms with Crippen LogP contribution in [-0.4, -0.2) is 74.3 Å². The fraction of sp³-hybridized carbons (Fsp3) is 0.367. The van der Waals surface area contributed by atoms with Crippen LogP contribution in [0.1, 0.15) is 59.1 Å². The predicted octanol–water partition coefficient (Wildman–Crippen LogP) is 4.32. The Labute approximate surface area is 237 Å². The van der Waals surface area contributed by atoms with E-state index in [9.17, 15) is 9.59 Å². The van der Waals surface area contributed by atoms with Gasteiger partial charge in [-0.2, -0.15) is 0 Å². The number of piperazine rings is 1. The van der Waals surface area contributed by atoms with Gasteiger partial charge in [0.15, 0.2) is 5.69 Å². The molecule has 2 fully saturated rings. The number of aromatic nitrogens is 4. The Hall–Kier alpha value is -3.82. The Morgan fingerprint density at radius 2 is 1.65 bits per heavy atom. The van der Waals surface area contributed by atoms with Crippen molar-refractivity contribution in [2.45, 2.75) is 38.1 Å². The number of hydrogen-bond acceptors (Lipinski definition) is 6. The van der Waals surface area contributed by atoms with Crippen LogP contribution in [0.15, 0.2) is 54.7 Å². The van der Waals surface area contributed by atoms with E-state index >= 15 is 0 Å². The van der Waals surface area contributed by atoms with Crippen molar-refractivity contribution in [3.8, 4) is 11.3 Å². The van der Waals surface area contributed by atoms with Crippen molar-refractivity contribution >= 4 is 34.3 Å². The van der Waals surface area contributed by atoms with E-state index in [1.54, 1.807) is 32.8 Å². The van der Waals surface area contributed by atoms with Crippen molar-refractivity contribution in [3.05, 3.63) is 76.6 Å². The number of amides is 2. The summed E-state index contributed by atoms with van der Waals surface area (Å²) < 4.78 is 1.77. The van der Waals surface area contributed by atoms with Gasteiger partial charge in [-0.15, -0.1) is 5.10 Å². The van der Waals surface area contributed by atoms with Gasteiger partial charge in [0.2, 0.25) is 0 Å². The minimum atomic E-state index is -0.143. The SMILES string of the molecule is CC(C)(CN)c1ccc(-c2cc(Cl)c3ccc(C(=O)N4CCN(C(=O)c5cn(C6CC6)nn5)CC4)cc3n2)cc1. The summed E-state index contributed by atoms with van der Waals surface area (Å²) in [7, 11) is 0. The van der Waals surface area contributed by atoms with Gasteiger partial charge in [-0.3, -0.25) is 9.59 Å². The second-order valence-corrected chi connectivity index (χ2v) is 11.7. The summed E-state index contributed by atoms with van der Waals surface area (Å²) in [6.45, 7) is 6.56. The average molecular weight is 558 g/mol. The summed E-state index contributed by atoms with van der Waals surface area (Å²) in [5.74, 6) is -0.235. The number of hydrogen-bond donors (Lipinski definition) is 1. The van der Waals surface area contributed by atoms with Crippen LogP contribution in [0.25, 0.3) is 22.2 Å². The summed E-state index contributed by atoms with van der Waals surface area (Å²) in [5.41, 5.74) is 10.2. The topological polar surface area (TPSA) is 110 Å². The third-order valence-electron chi connectivity index (χ3n) is 7.98. The molecule has 2 aromatic carbocycles. The molecule has 0 bridgehead atoms. The van der Waals surface area contributed by atoms with Crippen LogP contribution in [0.4, 0.5) is 0 Å². The Balaban J connectivity index is 1.16. The number of pyridine rings is 1. The molecule has 1 aliphatic carbocycles. The molecule has 10 heteroatoms. The molecule has 2 aliphatic rings. The summed E-state index contributed by atoms with van der Waals surface area (Å²) >= 11 is 6.64. The molecule has 3 heterocycles. The van der Waals surface area contributed by atoms with Crippen molar-refractivity contribution in [1.82, 2.24) is 29.8 Å². The molecule has 1 saturated carbocycles. The van der Waals surface area contributed by atoms with Crippen molar-refractivity contribution in [2.24, 2.45) is 5.73 Å². The molecular formula is C30H32ClN7O2. The minimum absolute atomic E-state index is 0.0922. The summed E-state index contributed by atoms with van der Waals surface area (Å²) in [4.78, 5) is 34.6. The molecule has 1 saturated heterocycles. The minimum Gasteiger partial charge on any atom is -0.335 e. The maximum Gasteiger partial charge on any atom is 0.276 e. The molecule has 2 N–H and O–H groups in total. The molecule has 6 rings (SSSR count). The fourth-order valence-corrected chi connectivity index (χ4v) is 5.29. The number of nitrogens with two attached hydrogens (primary N) is 1. The zero-order chi connectivity index (χ0) is 28.0. The van der Waals surface area contributed by atoms with E-state index in [2.05, 4.69) is 36.3 Å². The van der Waals surface area contributed by atoms with Crippen LogP contribution in [0, 0.1) is 0 Å². The Kier molecular flexibility index (Phi) is 6.80. The smallest absolute Gasteiger partial charge is 0.276 e. The lowest BCUT2D eigenvalue weighted by Crippen LogP contribution is -2.50. The van der Waals surface area contributed by atoms with Crippen LogP contribution in [0.2, 0.25) is 5.02 Å². The predicted molar refractivity (Wildman–Crippen MR) is 154 cm³/mol. The number of benzene rings is 2. The van der Waals surface area contributed by atoms with Gasteiger partial charge in [0.05, 0.1) is 28.5 Å². The van der Waals surface area contributed by atoms with Gasteiger partial charge < -0.3 is 15.5 Å². The van der Waals surface area contributed by atoms with Crippen molar-refractivity contribution in [1.29, 1.82) is 0 Å². The normalized spacial score (nSPS) is 16.0. The molecule has 4 aromatic rings. The highest BCUT2D eigenvalue weighted by Gasteiger charge is 2.30. The monoisotopic (exact) mass is 557 g/mol. The maximum atomic E-state index is 13.4. The first-order valence-electron chi connectivity index (χ1n) is 13.7. The maximum absolute atomic E-state index is 13.4. The van der Waals surface area contributed by atoms with Crippen LogP contribution >= 0.6 is 11.6 Å². The number of carbonyl (C=O) groups is 2. The van der Waals surface area contributed by atoms with E-state index in [0.29, 0.717) is 60.6 Å². The average Bonchev–Trinajstić information content (AvgIpc) is 3.72. The van der Waals surface area contributed by atoms with Gasteiger partial charge >= 0.3 is 0 Å². The van der Waals surface area contributed by atoms with Crippen LogP contribution in [0.3, 0.4) is 0 Å². The number of fused-ring (bicyclic) bond motifs is 1. The van der Waals surface area contributed by atoms with Crippen molar-refractivity contribution < 1.29 is 9.59 Å². The summed E-state index contributed by atoms with van der Waals surface area (Å²) in [6.07, 6.45) is 3.89. The van der Waals surface area contributed by atoms with E-state index in [4.69, 9.17) is 22.3 Å². The van der Waals surface area contributed by atoms with E-state index in [-0.39, 0.29) is 17.2 Å². The first kappa shape index (κ1) is 26.4. The molecule has 1 aliphatic heterocycles. The Bertz CT molecular complexity index is 1590. The quantitative estimate of drug-likeness (QED) is 0.378. The largest absolute Gasteiger partial charge is 0.335 e. The van der Waals surface area contributed by atoms with Crippen LogP contribution in [0.5, 0.6) is 0 Å². The Morgan fingerprint density at radius 3 is 2.30 bits per heavy atom. The van der Waals surface area contributed by atoms with Crippen LogP contribution in [-0.2, 0) is 5.41 Å². The van der Waals surface area contributed by atoms with Gasteiger partial charge in [0.1, 0.15) is 0 Å². The van der Waals surface area contributed by atoms with E-state index in [1.807, 2.05) is 24.3 Å². The van der Waals surface area contributed by atoms with Gasteiger partial charge in [0, 0.05) is 54.7 Å².